The molecule has 0 aliphatic carbocycles. The first-order valence-corrected chi connectivity index (χ1v) is 7.04. The predicted octanol–water partition coefficient (Wildman–Crippen LogP) is 1.76. The van der Waals surface area contributed by atoms with E-state index < -0.39 is 21.7 Å². The smallest absolute Gasteiger partial charge is 0.306 e. The van der Waals surface area contributed by atoms with E-state index >= 15 is 0 Å². The highest BCUT2D eigenvalue weighted by molar-refractivity contribution is 7.94. The number of allylic oxidation sites excluding steroid dienone is 1. The molecule has 1 N–H and O–H groups in total. The summed E-state index contributed by atoms with van der Waals surface area (Å²) in [6.07, 6.45) is 1.14. The number of hydrogen-bond donors (Lipinski definition) is 1. The molecule has 0 spiro atoms. The Kier molecular flexibility index (Phi) is 4.84. The van der Waals surface area contributed by atoms with Crippen LogP contribution < -0.4 is 0 Å². The van der Waals surface area contributed by atoms with Crippen LogP contribution in [0.1, 0.15) is 12.5 Å². The Balaban J connectivity index is 3.05. The van der Waals surface area contributed by atoms with Gasteiger partial charge in [0.25, 0.3) is 0 Å². The molecular formula is C13H13NO4S. The Hall–Kier alpha value is -2.13. The second-order valence-electron chi connectivity index (χ2n) is 4.07. The van der Waals surface area contributed by atoms with Crippen molar-refractivity contribution in [3.8, 4) is 6.07 Å². The lowest BCUT2D eigenvalue weighted by Gasteiger charge is -2.07. The average Bonchev–Trinajstić information content (AvgIpc) is 2.36. The van der Waals surface area contributed by atoms with Gasteiger partial charge in [-0.25, -0.2) is 8.42 Å². The van der Waals surface area contributed by atoms with Crippen molar-refractivity contribution in [3.63, 3.8) is 0 Å². The molecule has 0 aromatic heterocycles. The number of benzene rings is 1. The Labute approximate surface area is 111 Å². The first-order chi connectivity index (χ1) is 8.86. The van der Waals surface area contributed by atoms with E-state index in [2.05, 4.69) is 0 Å². The molecule has 5 nitrogen and oxygen atoms in total. The quantitative estimate of drug-likeness (QED) is 0.828. The van der Waals surface area contributed by atoms with Crippen molar-refractivity contribution in [1.82, 2.24) is 0 Å². The molecule has 1 rings (SSSR count). The van der Waals surface area contributed by atoms with E-state index in [1.807, 2.05) is 0 Å². The summed E-state index contributed by atoms with van der Waals surface area (Å²) in [7, 11) is -3.65. The van der Waals surface area contributed by atoms with Crippen molar-refractivity contribution in [2.24, 2.45) is 5.92 Å². The molecule has 19 heavy (non-hydrogen) atoms. The second kappa shape index (κ2) is 6.16. The third-order valence-electron chi connectivity index (χ3n) is 2.51. The third-order valence-corrected chi connectivity index (χ3v) is 3.92. The molecule has 0 radical (unpaired) electrons. The molecular weight excluding hydrogens is 266 g/mol. The van der Waals surface area contributed by atoms with Crippen molar-refractivity contribution in [2.45, 2.75) is 18.2 Å². The zero-order chi connectivity index (χ0) is 14.5. The van der Waals surface area contributed by atoms with Crippen molar-refractivity contribution in [3.05, 3.63) is 41.3 Å². The van der Waals surface area contributed by atoms with Gasteiger partial charge in [-0.2, -0.15) is 5.26 Å². The molecule has 100 valence electrons. The Morgan fingerprint density at radius 2 is 2.21 bits per heavy atom. The first kappa shape index (κ1) is 14.9. The highest BCUT2D eigenvalue weighted by atomic mass is 32.2. The molecule has 0 heterocycles. The van der Waals surface area contributed by atoms with E-state index in [0.717, 1.165) is 11.5 Å². The zero-order valence-electron chi connectivity index (χ0n) is 10.3. The molecule has 0 saturated carbocycles. The highest BCUT2D eigenvalue weighted by Gasteiger charge is 2.14. The summed E-state index contributed by atoms with van der Waals surface area (Å²) in [4.78, 5) is 10.8. The third kappa shape index (κ3) is 4.23. The molecule has 0 aliphatic heterocycles. The van der Waals surface area contributed by atoms with Gasteiger partial charge in [0.15, 0.2) is 0 Å². The van der Waals surface area contributed by atoms with Gasteiger partial charge in [0, 0.05) is 11.5 Å². The topological polar surface area (TPSA) is 95.2 Å². The zero-order valence-corrected chi connectivity index (χ0v) is 11.1. The van der Waals surface area contributed by atoms with Gasteiger partial charge in [-0.1, -0.05) is 19.1 Å². The summed E-state index contributed by atoms with van der Waals surface area (Å²) in [5.41, 5.74) is 0.626. The molecule has 1 aromatic rings. The van der Waals surface area contributed by atoms with Crippen LogP contribution in [-0.2, 0) is 21.1 Å². The van der Waals surface area contributed by atoms with Gasteiger partial charge in [-0.05, 0) is 24.1 Å². The first-order valence-electron chi connectivity index (χ1n) is 5.50. The predicted molar refractivity (Wildman–Crippen MR) is 68.9 cm³/mol. The van der Waals surface area contributed by atoms with E-state index in [0.29, 0.717) is 5.56 Å². The second-order valence-corrected chi connectivity index (χ2v) is 5.90. The molecule has 0 bridgehead atoms. The van der Waals surface area contributed by atoms with Crippen LogP contribution in [0.3, 0.4) is 0 Å². The minimum absolute atomic E-state index is 0.0501. The summed E-state index contributed by atoms with van der Waals surface area (Å²) in [5.74, 6) is -1.52. The lowest BCUT2D eigenvalue weighted by atomic mass is 10.0. The number of rotatable bonds is 5. The average molecular weight is 279 g/mol. The highest BCUT2D eigenvalue weighted by Crippen LogP contribution is 2.17. The van der Waals surface area contributed by atoms with Gasteiger partial charge in [-0.15, -0.1) is 0 Å². The van der Waals surface area contributed by atoms with E-state index in [4.69, 9.17) is 10.4 Å². The fourth-order valence-electron chi connectivity index (χ4n) is 1.49. The van der Waals surface area contributed by atoms with Gasteiger partial charge >= 0.3 is 5.97 Å². The van der Waals surface area contributed by atoms with Crippen LogP contribution in [0.2, 0.25) is 0 Å². The Morgan fingerprint density at radius 1 is 1.53 bits per heavy atom. The number of sulfone groups is 1. The number of carboxylic acid groups (broad SMARTS) is 1. The van der Waals surface area contributed by atoms with Crippen LogP contribution in [0, 0.1) is 17.2 Å². The maximum absolute atomic E-state index is 11.8. The maximum Gasteiger partial charge on any atom is 0.306 e. The molecule has 1 atom stereocenters. The summed E-state index contributed by atoms with van der Waals surface area (Å²) in [6.45, 7) is 1.55. The molecule has 1 aromatic carbocycles. The van der Waals surface area contributed by atoms with Gasteiger partial charge in [0.05, 0.1) is 16.9 Å². The Morgan fingerprint density at radius 3 is 2.79 bits per heavy atom. The van der Waals surface area contributed by atoms with E-state index in [1.165, 1.54) is 12.1 Å². The Bertz CT molecular complexity index is 641. The SMILES string of the molecule is CC(Cc1cccc(S(=O)(=O)/C=C/C#N)c1)C(=O)O. The monoisotopic (exact) mass is 279 g/mol. The molecule has 0 saturated heterocycles. The molecule has 6 heteroatoms. The van der Waals surface area contributed by atoms with Crippen LogP contribution in [0.15, 0.2) is 40.6 Å². The number of aliphatic carboxylic acids is 1. The van der Waals surface area contributed by atoms with Gasteiger partial charge in [0.1, 0.15) is 0 Å². The van der Waals surface area contributed by atoms with Gasteiger partial charge in [-0.3, -0.25) is 4.79 Å². The number of carboxylic acids is 1. The fourth-order valence-corrected chi connectivity index (χ4v) is 2.47. The van der Waals surface area contributed by atoms with Gasteiger partial charge < -0.3 is 5.11 Å². The number of nitriles is 1. The normalized spacial score (nSPS) is 13.1. The van der Waals surface area contributed by atoms with Crippen molar-refractivity contribution in [1.29, 1.82) is 5.26 Å². The number of hydrogen-bond acceptors (Lipinski definition) is 4. The molecule has 1 unspecified atom stereocenters. The standard InChI is InChI=1S/C13H13NO4S/c1-10(13(15)16)8-11-4-2-5-12(9-11)19(17,18)7-3-6-14/h2-5,7,9-10H,8H2,1H3,(H,15,16)/b7-3+. The molecule has 0 aliphatic rings. The molecule has 0 amide bonds. The molecule has 0 fully saturated rings. The van der Waals surface area contributed by atoms with Crippen LogP contribution in [0.5, 0.6) is 0 Å². The lowest BCUT2D eigenvalue weighted by molar-refractivity contribution is -0.141. The minimum Gasteiger partial charge on any atom is -0.481 e. The summed E-state index contributed by atoms with van der Waals surface area (Å²) in [5, 5.41) is 18.0. The maximum atomic E-state index is 11.8. The van der Waals surface area contributed by atoms with Crippen LogP contribution >= 0.6 is 0 Å². The van der Waals surface area contributed by atoms with Crippen molar-refractivity contribution >= 4 is 15.8 Å². The van der Waals surface area contributed by atoms with E-state index in [1.54, 1.807) is 25.1 Å². The van der Waals surface area contributed by atoms with Crippen molar-refractivity contribution < 1.29 is 18.3 Å². The number of carbonyl (C=O) groups is 1. The van der Waals surface area contributed by atoms with Gasteiger partial charge in [0.2, 0.25) is 9.84 Å². The summed E-state index contributed by atoms with van der Waals surface area (Å²) in [6, 6.07) is 7.68. The van der Waals surface area contributed by atoms with E-state index in [-0.39, 0.29) is 11.3 Å². The fraction of sp³-hybridized carbons (Fsp3) is 0.231. The summed E-state index contributed by atoms with van der Waals surface area (Å²) >= 11 is 0. The van der Waals surface area contributed by atoms with Crippen LogP contribution in [0.4, 0.5) is 0 Å². The summed E-state index contributed by atoms with van der Waals surface area (Å²) < 4.78 is 23.6. The van der Waals surface area contributed by atoms with Crippen LogP contribution in [0.25, 0.3) is 0 Å². The largest absolute Gasteiger partial charge is 0.481 e. The van der Waals surface area contributed by atoms with E-state index in [9.17, 15) is 13.2 Å². The van der Waals surface area contributed by atoms with Crippen LogP contribution in [-0.4, -0.2) is 19.5 Å². The minimum atomic E-state index is -3.65. The van der Waals surface area contributed by atoms with Crippen molar-refractivity contribution in [2.75, 3.05) is 0 Å². The lowest BCUT2D eigenvalue weighted by Crippen LogP contribution is -2.12. The number of nitrogens with zero attached hydrogens (tertiary/aromatic N) is 1.